The van der Waals surface area contributed by atoms with Crippen molar-refractivity contribution in [3.05, 3.63) is 101 Å². The van der Waals surface area contributed by atoms with E-state index in [1.165, 1.54) is 18.4 Å². The largest absolute Gasteiger partial charge is 0.492 e. The van der Waals surface area contributed by atoms with E-state index in [4.69, 9.17) is 19.7 Å². The first kappa shape index (κ1) is 33.4. The summed E-state index contributed by atoms with van der Waals surface area (Å²) in [5.41, 5.74) is 8.15. The number of aliphatic hydroxyl groups is 2. The number of ether oxygens (including phenoxy) is 2. The molecule has 42 heavy (non-hydrogen) atoms. The predicted molar refractivity (Wildman–Crippen MR) is 166 cm³/mol. The molecule has 3 rings (SSSR count). The maximum atomic E-state index is 12.1. The molecule has 0 radical (unpaired) electrons. The van der Waals surface area contributed by atoms with Crippen molar-refractivity contribution in [2.75, 3.05) is 26.4 Å². The molecule has 10 nitrogen and oxygen atoms in total. The van der Waals surface area contributed by atoms with Crippen molar-refractivity contribution in [3.8, 4) is 5.75 Å². The number of carbonyl (C=O) groups is 2. The molecule has 0 unspecified atom stereocenters. The first-order chi connectivity index (χ1) is 20.6. The Morgan fingerprint density at radius 2 is 1.43 bits per heavy atom. The summed E-state index contributed by atoms with van der Waals surface area (Å²) in [5, 5.41) is 25.6. The molecule has 4 N–H and O–H groups in total. The van der Waals surface area contributed by atoms with Gasteiger partial charge in [-0.1, -0.05) is 50.2 Å². The fourth-order valence-corrected chi connectivity index (χ4v) is 3.39. The van der Waals surface area contributed by atoms with Crippen LogP contribution in [0.15, 0.2) is 94.4 Å². The second-order valence-corrected chi connectivity index (χ2v) is 8.38. The van der Waals surface area contributed by atoms with Gasteiger partial charge in [-0.3, -0.25) is 9.59 Å². The number of nitrogens with one attached hydrogen (secondary N) is 2. The van der Waals surface area contributed by atoms with Gasteiger partial charge < -0.3 is 19.7 Å². The lowest BCUT2D eigenvalue weighted by Gasteiger charge is -2.11. The van der Waals surface area contributed by atoms with Gasteiger partial charge in [-0.25, -0.2) is 10.9 Å². The third-order valence-corrected chi connectivity index (χ3v) is 5.27. The molecular weight excluding hydrogens is 536 g/mol. The zero-order chi connectivity index (χ0) is 30.4. The van der Waals surface area contributed by atoms with Crippen molar-refractivity contribution >= 4 is 36.4 Å². The Labute approximate surface area is 246 Å². The van der Waals surface area contributed by atoms with Crippen LogP contribution in [0.2, 0.25) is 0 Å². The summed E-state index contributed by atoms with van der Waals surface area (Å²) in [6.45, 7) is 4.31. The van der Waals surface area contributed by atoms with Crippen molar-refractivity contribution in [3.63, 3.8) is 0 Å². The van der Waals surface area contributed by atoms with Gasteiger partial charge in [0.1, 0.15) is 24.7 Å². The van der Waals surface area contributed by atoms with Gasteiger partial charge in [0, 0.05) is 12.2 Å². The van der Waals surface area contributed by atoms with Gasteiger partial charge in [0.05, 0.1) is 25.6 Å². The Hall–Kier alpha value is -4.80. The molecule has 2 aromatic carbocycles. The fraction of sp³-hybridized carbons (Fsp3) is 0.250. The number of aliphatic hydroxyl groups excluding tert-OH is 2. The van der Waals surface area contributed by atoms with Crippen LogP contribution in [0.25, 0.3) is 12.2 Å². The van der Waals surface area contributed by atoms with E-state index >= 15 is 0 Å². The van der Waals surface area contributed by atoms with Gasteiger partial charge in [-0.05, 0) is 71.5 Å². The monoisotopic (exact) mass is 574 g/mol. The highest BCUT2D eigenvalue weighted by molar-refractivity contribution is 5.93. The van der Waals surface area contributed by atoms with E-state index in [0.717, 1.165) is 35.1 Å². The molecule has 0 aliphatic heterocycles. The quantitative estimate of drug-likeness (QED) is 0.153. The number of hydrazone groups is 2. The molecular formula is C32H38N4O6. The van der Waals surface area contributed by atoms with E-state index in [-0.39, 0.29) is 38.2 Å². The Bertz CT molecular complexity index is 1310. The molecule has 0 heterocycles. The maximum absolute atomic E-state index is 12.1. The molecule has 2 amide bonds. The van der Waals surface area contributed by atoms with Crippen LogP contribution in [0.4, 0.5) is 0 Å². The van der Waals surface area contributed by atoms with Gasteiger partial charge in [0.15, 0.2) is 0 Å². The Kier molecular flexibility index (Phi) is 16.0. The van der Waals surface area contributed by atoms with Crippen LogP contribution in [-0.2, 0) is 14.3 Å². The number of nitrogens with zero attached hydrogens (tertiary/aromatic N) is 2. The second kappa shape index (κ2) is 20.1. The molecule has 0 fully saturated rings. The van der Waals surface area contributed by atoms with Gasteiger partial charge in [0.25, 0.3) is 11.8 Å². The van der Waals surface area contributed by atoms with Crippen LogP contribution in [-0.4, -0.2) is 60.9 Å². The first-order valence-electron chi connectivity index (χ1n) is 13.7. The summed E-state index contributed by atoms with van der Waals surface area (Å²) < 4.78 is 10.7. The number of carbonyl (C=O) groups excluding carboxylic acids is 2. The molecule has 0 spiro atoms. The van der Waals surface area contributed by atoms with Gasteiger partial charge in [0.2, 0.25) is 0 Å². The van der Waals surface area contributed by atoms with Crippen LogP contribution < -0.4 is 15.6 Å². The fourth-order valence-electron chi connectivity index (χ4n) is 3.39. The van der Waals surface area contributed by atoms with Crippen molar-refractivity contribution < 1.29 is 29.3 Å². The zero-order valence-electron chi connectivity index (χ0n) is 23.9. The summed E-state index contributed by atoms with van der Waals surface area (Å²) in [6, 6.07) is 14.4. The van der Waals surface area contributed by atoms with Crippen molar-refractivity contribution in [1.29, 1.82) is 0 Å². The average molecular weight is 575 g/mol. The molecule has 2 aromatic rings. The molecule has 1 aliphatic carbocycles. The normalized spacial score (nSPS) is 13.0. The minimum absolute atomic E-state index is 0.0508. The lowest BCUT2D eigenvalue weighted by Crippen LogP contribution is -2.14. The van der Waals surface area contributed by atoms with E-state index in [1.807, 2.05) is 56.3 Å². The van der Waals surface area contributed by atoms with E-state index in [1.54, 1.807) is 36.6 Å². The summed E-state index contributed by atoms with van der Waals surface area (Å²) in [4.78, 5) is 24.1. The summed E-state index contributed by atoms with van der Waals surface area (Å²) in [7, 11) is 0. The van der Waals surface area contributed by atoms with Crippen molar-refractivity contribution in [2.24, 2.45) is 10.2 Å². The van der Waals surface area contributed by atoms with E-state index in [2.05, 4.69) is 21.1 Å². The van der Waals surface area contributed by atoms with Crippen LogP contribution in [0.5, 0.6) is 5.75 Å². The predicted octanol–water partition coefficient (Wildman–Crippen LogP) is 3.98. The highest BCUT2D eigenvalue weighted by Gasteiger charge is 2.05. The third-order valence-electron chi connectivity index (χ3n) is 5.27. The van der Waals surface area contributed by atoms with Gasteiger partial charge in [-0.2, -0.15) is 10.2 Å². The van der Waals surface area contributed by atoms with E-state index < -0.39 is 0 Å². The molecule has 10 heteroatoms. The SMILES string of the molecule is CC.O=C(/C=C/c1ccc(/C=C/C(=O)N/N=C/c2cccc(OCCO)c2)cc1)N/N=C/C1=CC(OCCO)=CCC1. The Morgan fingerprint density at radius 1 is 0.833 bits per heavy atom. The number of hydrogen-bond acceptors (Lipinski definition) is 8. The number of rotatable bonds is 14. The van der Waals surface area contributed by atoms with Crippen molar-refractivity contribution in [2.45, 2.75) is 26.7 Å². The molecule has 0 aromatic heterocycles. The number of amides is 2. The van der Waals surface area contributed by atoms with Crippen LogP contribution in [0.1, 0.15) is 43.4 Å². The minimum Gasteiger partial charge on any atom is -0.492 e. The highest BCUT2D eigenvalue weighted by Crippen LogP contribution is 2.16. The van der Waals surface area contributed by atoms with Crippen molar-refractivity contribution in [1.82, 2.24) is 10.9 Å². The molecule has 0 atom stereocenters. The third kappa shape index (κ3) is 13.5. The van der Waals surface area contributed by atoms with Crippen LogP contribution in [0, 0.1) is 0 Å². The van der Waals surface area contributed by atoms with Gasteiger partial charge in [-0.15, -0.1) is 0 Å². The highest BCUT2D eigenvalue weighted by atomic mass is 16.5. The molecule has 1 aliphatic rings. The number of hydrogen-bond donors (Lipinski definition) is 4. The zero-order valence-corrected chi connectivity index (χ0v) is 23.9. The second-order valence-electron chi connectivity index (χ2n) is 8.38. The smallest absolute Gasteiger partial charge is 0.264 e. The molecule has 222 valence electrons. The lowest BCUT2D eigenvalue weighted by molar-refractivity contribution is -0.117. The first-order valence-corrected chi connectivity index (χ1v) is 13.7. The van der Waals surface area contributed by atoms with E-state index in [9.17, 15) is 9.59 Å². The Balaban J connectivity index is 0.00000301. The maximum Gasteiger partial charge on any atom is 0.264 e. The molecule has 0 saturated heterocycles. The topological polar surface area (TPSA) is 142 Å². The van der Waals surface area contributed by atoms with Crippen LogP contribution >= 0.6 is 0 Å². The lowest BCUT2D eigenvalue weighted by atomic mass is 10.1. The van der Waals surface area contributed by atoms with Gasteiger partial charge >= 0.3 is 0 Å². The number of benzene rings is 2. The number of allylic oxidation sites excluding steroid dienone is 3. The standard InChI is InChI=1S/C30H32N4O6.C2H6/c35-15-17-39-27-5-1-3-25(19-27)21-31-33-29(37)13-11-23-7-9-24(10-8-23)12-14-30(38)34-32-22-26-4-2-6-28(20-26)40-18-16-36;1-2/h1,3,5-14,19-22,35-36H,2,4,15-18H2,(H,33,37)(H,34,38);1-2H3/b13-11+,14-12+,31-21+,32-22+;. The molecule has 0 bridgehead atoms. The minimum atomic E-state index is -0.390. The summed E-state index contributed by atoms with van der Waals surface area (Å²) >= 11 is 0. The Morgan fingerprint density at radius 3 is 2.05 bits per heavy atom. The summed E-state index contributed by atoms with van der Waals surface area (Å²) in [6.07, 6.45) is 14.5. The van der Waals surface area contributed by atoms with E-state index in [0.29, 0.717) is 11.5 Å². The molecule has 0 saturated carbocycles. The van der Waals surface area contributed by atoms with Crippen LogP contribution in [0.3, 0.4) is 0 Å². The summed E-state index contributed by atoms with van der Waals surface area (Å²) in [5.74, 6) is 0.525. The average Bonchev–Trinajstić information content (AvgIpc) is 3.02.